The smallest absolute Gasteiger partial charge is 0.150 e. The number of rotatable bonds is 7. The molecule has 5 heteroatoms. The third-order valence-electron chi connectivity index (χ3n) is 6.26. The van der Waals surface area contributed by atoms with Crippen LogP contribution < -0.4 is 11.1 Å². The second-order valence-corrected chi connectivity index (χ2v) is 8.75. The van der Waals surface area contributed by atoms with Gasteiger partial charge >= 0.3 is 0 Å². The molecule has 170 valence electrons. The number of nitrogens with zero attached hydrogens (tertiary/aromatic N) is 2. The molecule has 0 fully saturated rings. The van der Waals surface area contributed by atoms with Crippen LogP contribution in [0.1, 0.15) is 22.3 Å². The van der Waals surface area contributed by atoms with Crippen molar-refractivity contribution in [1.29, 1.82) is 0 Å². The molecule has 0 aliphatic rings. The maximum absolute atomic E-state index is 9.38. The van der Waals surface area contributed by atoms with Gasteiger partial charge in [0.2, 0.25) is 0 Å². The van der Waals surface area contributed by atoms with Crippen molar-refractivity contribution in [3.8, 4) is 5.75 Å². The molecule has 2 aromatic heterocycles. The summed E-state index contributed by atoms with van der Waals surface area (Å²) in [6.07, 6.45) is 4.63. The molecule has 5 nitrogen and oxygen atoms in total. The van der Waals surface area contributed by atoms with Gasteiger partial charge in [-0.2, -0.15) is 0 Å². The number of phenolic OH excluding ortho intramolecular Hbond substituents is 1. The molecular formula is C29H28N4O. The van der Waals surface area contributed by atoms with Crippen LogP contribution in [0.4, 0.5) is 11.5 Å². The zero-order valence-corrected chi connectivity index (χ0v) is 19.3. The number of fused-ring (bicyclic) bond motifs is 3. The quantitative estimate of drug-likeness (QED) is 0.216. The van der Waals surface area contributed by atoms with Crippen LogP contribution in [0.3, 0.4) is 0 Å². The maximum Gasteiger partial charge on any atom is 0.150 e. The number of pyridine rings is 2. The molecule has 0 unspecified atom stereocenters. The van der Waals surface area contributed by atoms with E-state index >= 15 is 0 Å². The second-order valence-electron chi connectivity index (χ2n) is 8.75. The molecule has 0 amide bonds. The molecule has 5 rings (SSSR count). The van der Waals surface area contributed by atoms with Gasteiger partial charge in [-0.3, -0.25) is 4.98 Å². The Balaban J connectivity index is 1.28. The minimum absolute atomic E-state index is 0.282. The Morgan fingerprint density at radius 1 is 0.853 bits per heavy atom. The number of nitrogens with one attached hydrogen (secondary N) is 1. The van der Waals surface area contributed by atoms with Crippen LogP contribution in [0.25, 0.3) is 21.8 Å². The van der Waals surface area contributed by atoms with Crippen molar-refractivity contribution < 1.29 is 5.11 Å². The third-order valence-corrected chi connectivity index (χ3v) is 6.26. The molecule has 0 saturated heterocycles. The van der Waals surface area contributed by atoms with Crippen LogP contribution in [0.15, 0.2) is 79.0 Å². The van der Waals surface area contributed by atoms with Gasteiger partial charge in [-0.25, -0.2) is 4.98 Å². The average molecular weight is 449 g/mol. The molecule has 4 N–H and O–H groups in total. The molecule has 0 aliphatic carbocycles. The number of hydrogen-bond acceptors (Lipinski definition) is 5. The minimum atomic E-state index is 0.282. The van der Waals surface area contributed by atoms with E-state index in [0.717, 1.165) is 53.3 Å². The topological polar surface area (TPSA) is 84.1 Å². The number of aryl methyl sites for hydroxylation is 3. The first-order valence-corrected chi connectivity index (χ1v) is 11.6. The summed E-state index contributed by atoms with van der Waals surface area (Å²) in [5.74, 6) is 0.768. The SMILES string of the molecule is Cc1ccc2c(c1)nc(N)c1nccc(CCc3ccc(CCNc4ccc(O)cc4)cc3)c12. The van der Waals surface area contributed by atoms with Gasteiger partial charge in [-0.15, -0.1) is 0 Å². The number of anilines is 2. The van der Waals surface area contributed by atoms with E-state index in [2.05, 4.69) is 70.7 Å². The fourth-order valence-corrected chi connectivity index (χ4v) is 4.42. The number of nitrogen functional groups attached to an aromatic ring is 1. The van der Waals surface area contributed by atoms with Crippen molar-refractivity contribution in [2.75, 3.05) is 17.6 Å². The first-order valence-electron chi connectivity index (χ1n) is 11.6. The highest BCUT2D eigenvalue weighted by Gasteiger charge is 2.12. The summed E-state index contributed by atoms with van der Waals surface area (Å²) < 4.78 is 0. The molecule has 0 aliphatic heterocycles. The zero-order chi connectivity index (χ0) is 23.5. The molecule has 0 spiro atoms. The third kappa shape index (κ3) is 4.64. The highest BCUT2D eigenvalue weighted by Crippen LogP contribution is 2.30. The largest absolute Gasteiger partial charge is 0.508 e. The van der Waals surface area contributed by atoms with Crippen molar-refractivity contribution in [2.24, 2.45) is 0 Å². The van der Waals surface area contributed by atoms with Crippen molar-refractivity contribution in [3.63, 3.8) is 0 Å². The van der Waals surface area contributed by atoms with E-state index in [0.29, 0.717) is 5.82 Å². The molecule has 0 radical (unpaired) electrons. The van der Waals surface area contributed by atoms with Crippen molar-refractivity contribution >= 4 is 33.3 Å². The first-order chi connectivity index (χ1) is 16.6. The Labute approximate surface area is 199 Å². The summed E-state index contributed by atoms with van der Waals surface area (Å²) in [5, 5.41) is 15.0. The lowest BCUT2D eigenvalue weighted by molar-refractivity contribution is 0.475. The number of phenols is 1. The first kappa shape index (κ1) is 21.7. The van der Waals surface area contributed by atoms with Crippen LogP contribution in [0.5, 0.6) is 5.75 Å². The summed E-state index contributed by atoms with van der Waals surface area (Å²) in [7, 11) is 0. The predicted molar refractivity (Wildman–Crippen MR) is 140 cm³/mol. The Hall–Kier alpha value is -4.12. The summed E-state index contributed by atoms with van der Waals surface area (Å²) in [6.45, 7) is 2.91. The van der Waals surface area contributed by atoms with Gasteiger partial charge in [0.05, 0.1) is 5.52 Å². The van der Waals surface area contributed by atoms with Gasteiger partial charge in [0.1, 0.15) is 11.3 Å². The number of aromatic nitrogens is 2. The molecular weight excluding hydrogens is 420 g/mol. The van der Waals surface area contributed by atoms with E-state index in [1.165, 1.54) is 22.3 Å². The fraction of sp³-hybridized carbons (Fsp3) is 0.172. The predicted octanol–water partition coefficient (Wildman–Crippen LogP) is 5.82. The molecule has 34 heavy (non-hydrogen) atoms. The highest BCUT2D eigenvalue weighted by molar-refractivity contribution is 6.09. The van der Waals surface area contributed by atoms with Crippen LogP contribution in [-0.4, -0.2) is 21.6 Å². The van der Waals surface area contributed by atoms with Gasteiger partial charge in [0.15, 0.2) is 5.82 Å². The zero-order valence-electron chi connectivity index (χ0n) is 19.3. The summed E-state index contributed by atoms with van der Waals surface area (Å²) in [5.41, 5.74) is 14.0. The second kappa shape index (κ2) is 9.40. The van der Waals surface area contributed by atoms with Crippen LogP contribution in [0, 0.1) is 6.92 Å². The van der Waals surface area contributed by atoms with Gasteiger partial charge in [-0.1, -0.05) is 36.4 Å². The standard InChI is InChI=1S/C29H28N4O/c1-19-2-13-25-26(18-19)33-29(30)28-27(25)22(15-17-32-28)8-7-20-3-5-21(6-4-20)14-16-31-23-9-11-24(34)12-10-23/h2-6,9-13,15,17-18,31,34H,7-8,14,16H2,1H3,(H2,30,33). The molecule has 3 aromatic carbocycles. The van der Waals surface area contributed by atoms with Crippen molar-refractivity contribution in [1.82, 2.24) is 9.97 Å². The van der Waals surface area contributed by atoms with Crippen LogP contribution >= 0.6 is 0 Å². The highest BCUT2D eigenvalue weighted by atomic mass is 16.3. The van der Waals surface area contributed by atoms with E-state index in [-0.39, 0.29) is 5.75 Å². The Kier molecular flexibility index (Phi) is 6.00. The lowest BCUT2D eigenvalue weighted by Crippen LogP contribution is -2.04. The van der Waals surface area contributed by atoms with Gasteiger partial charge in [-0.05, 0) is 84.8 Å². The lowest BCUT2D eigenvalue weighted by atomic mass is 9.97. The monoisotopic (exact) mass is 448 g/mol. The summed E-state index contributed by atoms with van der Waals surface area (Å²) in [6, 6.07) is 24.4. The normalized spacial score (nSPS) is 11.2. The number of nitrogens with two attached hydrogens (primary N) is 1. The van der Waals surface area contributed by atoms with E-state index in [4.69, 9.17) is 5.73 Å². The number of benzene rings is 3. The van der Waals surface area contributed by atoms with E-state index in [1.807, 2.05) is 18.3 Å². The molecule has 5 aromatic rings. The van der Waals surface area contributed by atoms with Crippen LogP contribution in [0.2, 0.25) is 0 Å². The summed E-state index contributed by atoms with van der Waals surface area (Å²) in [4.78, 5) is 9.11. The number of hydrogen-bond donors (Lipinski definition) is 3. The lowest BCUT2D eigenvalue weighted by Gasteiger charge is -2.12. The van der Waals surface area contributed by atoms with Crippen LogP contribution in [-0.2, 0) is 19.3 Å². The van der Waals surface area contributed by atoms with Gasteiger partial charge < -0.3 is 16.2 Å². The number of aromatic hydroxyl groups is 1. The Bertz CT molecular complexity index is 1440. The van der Waals surface area contributed by atoms with E-state index < -0.39 is 0 Å². The van der Waals surface area contributed by atoms with Gasteiger partial charge in [0, 0.05) is 29.2 Å². The maximum atomic E-state index is 9.38. The minimum Gasteiger partial charge on any atom is -0.508 e. The Morgan fingerprint density at radius 2 is 1.59 bits per heavy atom. The van der Waals surface area contributed by atoms with E-state index in [9.17, 15) is 5.11 Å². The average Bonchev–Trinajstić information content (AvgIpc) is 2.85. The van der Waals surface area contributed by atoms with Gasteiger partial charge in [0.25, 0.3) is 0 Å². The van der Waals surface area contributed by atoms with Crippen molar-refractivity contribution in [2.45, 2.75) is 26.2 Å². The molecule has 0 bridgehead atoms. The molecule has 0 atom stereocenters. The fourth-order valence-electron chi connectivity index (χ4n) is 4.42. The van der Waals surface area contributed by atoms with E-state index in [1.54, 1.807) is 12.1 Å². The summed E-state index contributed by atoms with van der Waals surface area (Å²) >= 11 is 0. The molecule has 0 saturated carbocycles. The Morgan fingerprint density at radius 3 is 2.35 bits per heavy atom. The molecule has 2 heterocycles. The van der Waals surface area contributed by atoms with Crippen molar-refractivity contribution in [3.05, 3.63) is 101 Å².